The van der Waals surface area contributed by atoms with E-state index in [0.29, 0.717) is 12.1 Å². The van der Waals surface area contributed by atoms with Crippen LogP contribution in [-0.4, -0.2) is 20.4 Å². The largest absolute Gasteiger partial charge is 0.363 e. The predicted octanol–water partition coefficient (Wildman–Crippen LogP) is 1.91. The standard InChI is InChI=1S/C14H18FN3O2S/c1-10(11-3-5-12(15)6-4-11)18-21(19,20)14-7-13(8-16-2)17-9-14/h3-7,9-10,16-18H,8H2,1-2H3. The zero-order valence-corrected chi connectivity index (χ0v) is 12.7. The number of rotatable bonds is 6. The average Bonchev–Trinajstić information content (AvgIpc) is 2.89. The van der Waals surface area contributed by atoms with Gasteiger partial charge in [0.2, 0.25) is 10.0 Å². The minimum atomic E-state index is -3.62. The van der Waals surface area contributed by atoms with E-state index >= 15 is 0 Å². The molecule has 0 spiro atoms. The van der Waals surface area contributed by atoms with Crippen LogP contribution in [0.25, 0.3) is 0 Å². The Balaban J connectivity index is 2.14. The van der Waals surface area contributed by atoms with Gasteiger partial charge in [0, 0.05) is 24.5 Å². The SMILES string of the molecule is CNCc1cc(S(=O)(=O)NC(C)c2ccc(F)cc2)c[nH]1. The van der Waals surface area contributed by atoms with Crippen LogP contribution >= 0.6 is 0 Å². The molecule has 0 aliphatic heterocycles. The molecule has 1 aromatic heterocycles. The molecule has 1 atom stereocenters. The second-order valence-corrected chi connectivity index (χ2v) is 6.50. The molecule has 0 bridgehead atoms. The normalized spacial score (nSPS) is 13.3. The van der Waals surface area contributed by atoms with Gasteiger partial charge in [-0.05, 0) is 37.7 Å². The fourth-order valence-corrected chi connectivity index (χ4v) is 3.24. The molecule has 7 heteroatoms. The molecule has 3 N–H and O–H groups in total. The van der Waals surface area contributed by atoms with Gasteiger partial charge in [0.15, 0.2) is 0 Å². The summed E-state index contributed by atoms with van der Waals surface area (Å²) in [7, 11) is -1.84. The Morgan fingerprint density at radius 2 is 1.95 bits per heavy atom. The average molecular weight is 311 g/mol. The quantitative estimate of drug-likeness (QED) is 0.763. The third kappa shape index (κ3) is 3.90. The monoisotopic (exact) mass is 311 g/mol. The molecular weight excluding hydrogens is 293 g/mol. The van der Waals surface area contributed by atoms with Crippen molar-refractivity contribution in [2.24, 2.45) is 0 Å². The van der Waals surface area contributed by atoms with Gasteiger partial charge in [-0.15, -0.1) is 0 Å². The topological polar surface area (TPSA) is 74.0 Å². The Kier molecular flexibility index (Phi) is 4.76. The van der Waals surface area contributed by atoms with Crippen molar-refractivity contribution in [3.8, 4) is 0 Å². The molecule has 0 radical (unpaired) electrons. The second-order valence-electron chi connectivity index (χ2n) is 4.79. The van der Waals surface area contributed by atoms with E-state index in [-0.39, 0.29) is 10.7 Å². The van der Waals surface area contributed by atoms with Crippen LogP contribution in [0.3, 0.4) is 0 Å². The maximum absolute atomic E-state index is 12.9. The van der Waals surface area contributed by atoms with Crippen molar-refractivity contribution in [3.05, 3.63) is 53.6 Å². The van der Waals surface area contributed by atoms with Crippen LogP contribution in [0, 0.1) is 5.82 Å². The first-order chi connectivity index (χ1) is 9.92. The number of sulfonamides is 1. The van der Waals surface area contributed by atoms with Crippen LogP contribution in [0.4, 0.5) is 4.39 Å². The summed E-state index contributed by atoms with van der Waals surface area (Å²) in [4.78, 5) is 3.08. The Morgan fingerprint density at radius 3 is 2.57 bits per heavy atom. The number of hydrogen-bond acceptors (Lipinski definition) is 3. The number of halogens is 1. The highest BCUT2D eigenvalue weighted by Crippen LogP contribution is 2.18. The maximum Gasteiger partial charge on any atom is 0.242 e. The second kappa shape index (κ2) is 6.38. The summed E-state index contributed by atoms with van der Waals surface area (Å²) in [6.45, 7) is 2.27. The fourth-order valence-electron chi connectivity index (χ4n) is 1.99. The van der Waals surface area contributed by atoms with E-state index in [1.54, 1.807) is 32.2 Å². The molecular formula is C14H18FN3O2S. The first-order valence-corrected chi connectivity index (χ1v) is 8.00. The summed E-state index contributed by atoms with van der Waals surface area (Å²) >= 11 is 0. The smallest absolute Gasteiger partial charge is 0.242 e. The predicted molar refractivity (Wildman–Crippen MR) is 78.7 cm³/mol. The summed E-state index contributed by atoms with van der Waals surface area (Å²) in [6, 6.07) is 6.87. The summed E-state index contributed by atoms with van der Waals surface area (Å²) in [5.74, 6) is -0.351. The lowest BCUT2D eigenvalue weighted by atomic mass is 10.1. The summed E-state index contributed by atoms with van der Waals surface area (Å²) in [5.41, 5.74) is 1.48. The summed E-state index contributed by atoms with van der Waals surface area (Å²) in [6.07, 6.45) is 1.45. The van der Waals surface area contributed by atoms with Gasteiger partial charge in [0.25, 0.3) is 0 Å². The lowest BCUT2D eigenvalue weighted by molar-refractivity contribution is 0.566. The van der Waals surface area contributed by atoms with Crippen LogP contribution in [0.1, 0.15) is 24.2 Å². The Bertz CT molecular complexity index is 695. The van der Waals surface area contributed by atoms with E-state index in [9.17, 15) is 12.8 Å². The van der Waals surface area contributed by atoms with Crippen molar-refractivity contribution in [2.75, 3.05) is 7.05 Å². The van der Waals surface area contributed by atoms with E-state index in [4.69, 9.17) is 0 Å². The number of H-pyrrole nitrogens is 1. The third-order valence-corrected chi connectivity index (χ3v) is 4.62. The first-order valence-electron chi connectivity index (χ1n) is 6.52. The van der Waals surface area contributed by atoms with Gasteiger partial charge in [-0.1, -0.05) is 12.1 Å². The number of benzene rings is 1. The van der Waals surface area contributed by atoms with E-state index in [1.807, 2.05) is 0 Å². The lowest BCUT2D eigenvalue weighted by Gasteiger charge is -2.13. The van der Waals surface area contributed by atoms with Crippen LogP contribution in [0.2, 0.25) is 0 Å². The van der Waals surface area contributed by atoms with Crippen molar-refractivity contribution in [3.63, 3.8) is 0 Å². The number of nitrogens with one attached hydrogen (secondary N) is 3. The first kappa shape index (κ1) is 15.7. The number of aromatic nitrogens is 1. The Hall–Kier alpha value is -1.70. The van der Waals surface area contributed by atoms with Gasteiger partial charge in [-0.25, -0.2) is 17.5 Å². The van der Waals surface area contributed by atoms with E-state index in [2.05, 4.69) is 15.0 Å². The fraction of sp³-hybridized carbons (Fsp3) is 0.286. The minimum Gasteiger partial charge on any atom is -0.363 e. The highest BCUT2D eigenvalue weighted by Gasteiger charge is 2.19. The molecule has 5 nitrogen and oxygen atoms in total. The number of hydrogen-bond donors (Lipinski definition) is 3. The van der Waals surface area contributed by atoms with Crippen LogP contribution in [0.5, 0.6) is 0 Å². The molecule has 0 saturated carbocycles. The summed E-state index contributed by atoms with van der Waals surface area (Å²) in [5, 5.41) is 2.94. The molecule has 0 amide bonds. The maximum atomic E-state index is 12.9. The third-order valence-electron chi connectivity index (χ3n) is 3.10. The van der Waals surface area contributed by atoms with Gasteiger partial charge in [0.05, 0.1) is 4.90 Å². The molecule has 0 fully saturated rings. The molecule has 2 aromatic rings. The Morgan fingerprint density at radius 1 is 1.29 bits per heavy atom. The molecule has 0 aliphatic rings. The minimum absolute atomic E-state index is 0.182. The Labute approximate surface area is 123 Å². The van der Waals surface area contributed by atoms with Crippen molar-refractivity contribution >= 4 is 10.0 Å². The molecule has 2 rings (SSSR count). The highest BCUT2D eigenvalue weighted by atomic mass is 32.2. The van der Waals surface area contributed by atoms with Gasteiger partial charge in [-0.2, -0.15) is 0 Å². The van der Waals surface area contributed by atoms with Crippen molar-refractivity contribution in [1.29, 1.82) is 0 Å². The zero-order valence-electron chi connectivity index (χ0n) is 11.9. The molecule has 114 valence electrons. The van der Waals surface area contributed by atoms with Gasteiger partial charge >= 0.3 is 0 Å². The molecule has 1 aromatic carbocycles. The lowest BCUT2D eigenvalue weighted by Crippen LogP contribution is -2.26. The molecule has 0 saturated heterocycles. The highest BCUT2D eigenvalue weighted by molar-refractivity contribution is 7.89. The van der Waals surface area contributed by atoms with E-state index in [0.717, 1.165) is 5.69 Å². The summed E-state index contributed by atoms with van der Waals surface area (Å²) < 4.78 is 40.0. The molecule has 1 unspecified atom stereocenters. The van der Waals surface area contributed by atoms with Gasteiger partial charge in [-0.3, -0.25) is 0 Å². The van der Waals surface area contributed by atoms with Crippen molar-refractivity contribution in [2.45, 2.75) is 24.4 Å². The van der Waals surface area contributed by atoms with Gasteiger partial charge < -0.3 is 10.3 Å². The van der Waals surface area contributed by atoms with E-state index < -0.39 is 16.1 Å². The van der Waals surface area contributed by atoms with Crippen LogP contribution in [0.15, 0.2) is 41.4 Å². The van der Waals surface area contributed by atoms with Crippen LogP contribution < -0.4 is 10.0 Å². The van der Waals surface area contributed by atoms with Crippen LogP contribution in [-0.2, 0) is 16.6 Å². The van der Waals surface area contributed by atoms with Crippen molar-refractivity contribution in [1.82, 2.24) is 15.0 Å². The number of aromatic amines is 1. The molecule has 1 heterocycles. The molecule has 21 heavy (non-hydrogen) atoms. The van der Waals surface area contributed by atoms with E-state index in [1.165, 1.54) is 18.3 Å². The van der Waals surface area contributed by atoms with Gasteiger partial charge in [0.1, 0.15) is 5.82 Å². The van der Waals surface area contributed by atoms with Crippen molar-refractivity contribution < 1.29 is 12.8 Å². The zero-order chi connectivity index (χ0) is 15.5. The molecule has 0 aliphatic carbocycles.